The van der Waals surface area contributed by atoms with E-state index < -0.39 is 0 Å². The SMILES string of the molecule is O.O=C(NCCCN1CCCC1)c1ccc(/C=C2\Oc3ccccc3N(Cc3ccccc3F)C2=O)cc1. The van der Waals surface area contributed by atoms with Gasteiger partial charge in [-0.15, -0.1) is 0 Å². The Bertz CT molecular complexity index is 1300. The van der Waals surface area contributed by atoms with E-state index in [1.807, 2.05) is 12.1 Å². The molecule has 5 rings (SSSR count). The summed E-state index contributed by atoms with van der Waals surface area (Å²) < 4.78 is 20.3. The number of para-hydroxylation sites is 2. The first-order valence-electron chi connectivity index (χ1n) is 12.7. The standard InChI is InChI=1S/C30H30FN3O3.H2O/c31-25-9-2-1-8-24(25)21-34-26-10-3-4-11-27(26)37-28(30(34)36)20-22-12-14-23(15-13-22)29(35)32-16-7-19-33-17-5-6-18-33;/h1-4,8-15,20H,5-7,16-19,21H2,(H,32,35);1H2/b28-20-;. The fourth-order valence-electron chi connectivity index (χ4n) is 4.71. The Morgan fingerprint density at radius 2 is 1.68 bits per heavy atom. The zero-order valence-corrected chi connectivity index (χ0v) is 21.2. The number of carbonyl (C=O) groups excluding carboxylic acids is 2. The number of carbonyl (C=O) groups is 2. The van der Waals surface area contributed by atoms with Crippen molar-refractivity contribution in [3.05, 3.63) is 101 Å². The van der Waals surface area contributed by atoms with Crippen molar-refractivity contribution < 1.29 is 24.2 Å². The molecule has 0 atom stereocenters. The van der Waals surface area contributed by atoms with Crippen molar-refractivity contribution in [3.63, 3.8) is 0 Å². The van der Waals surface area contributed by atoms with Crippen LogP contribution in [0.5, 0.6) is 5.75 Å². The van der Waals surface area contributed by atoms with E-state index >= 15 is 0 Å². The predicted molar refractivity (Wildman–Crippen MR) is 145 cm³/mol. The van der Waals surface area contributed by atoms with E-state index in [1.165, 1.54) is 23.8 Å². The molecule has 7 nitrogen and oxygen atoms in total. The summed E-state index contributed by atoms with van der Waals surface area (Å²) in [5, 5.41) is 2.98. The maximum Gasteiger partial charge on any atom is 0.294 e. The molecule has 3 aromatic rings. The summed E-state index contributed by atoms with van der Waals surface area (Å²) in [4.78, 5) is 29.8. The number of anilines is 1. The van der Waals surface area contributed by atoms with Gasteiger partial charge in [-0.05, 0) is 80.9 Å². The molecular weight excluding hydrogens is 485 g/mol. The van der Waals surface area contributed by atoms with Crippen molar-refractivity contribution in [2.24, 2.45) is 0 Å². The molecule has 2 aliphatic rings. The van der Waals surface area contributed by atoms with Crippen LogP contribution < -0.4 is 15.0 Å². The van der Waals surface area contributed by atoms with E-state index in [-0.39, 0.29) is 35.4 Å². The average Bonchev–Trinajstić information content (AvgIpc) is 3.44. The Kier molecular flexibility index (Phi) is 8.89. The fraction of sp³-hybridized carbons (Fsp3) is 0.267. The zero-order chi connectivity index (χ0) is 25.6. The molecular formula is C30H32FN3O4. The van der Waals surface area contributed by atoms with Gasteiger partial charge in [-0.2, -0.15) is 0 Å². The molecule has 1 saturated heterocycles. The molecule has 38 heavy (non-hydrogen) atoms. The highest BCUT2D eigenvalue weighted by atomic mass is 19.1. The van der Waals surface area contributed by atoms with Crippen molar-refractivity contribution in [1.82, 2.24) is 10.2 Å². The minimum atomic E-state index is -0.366. The second-order valence-electron chi connectivity index (χ2n) is 9.34. The van der Waals surface area contributed by atoms with Crippen LogP contribution in [-0.4, -0.2) is 48.4 Å². The number of rotatable bonds is 8. The van der Waals surface area contributed by atoms with Crippen molar-refractivity contribution in [2.75, 3.05) is 31.1 Å². The van der Waals surface area contributed by atoms with Gasteiger partial charge in [0, 0.05) is 17.7 Å². The van der Waals surface area contributed by atoms with Gasteiger partial charge in [0.05, 0.1) is 12.2 Å². The van der Waals surface area contributed by atoms with Crippen LogP contribution in [0.4, 0.5) is 10.1 Å². The highest BCUT2D eigenvalue weighted by Crippen LogP contribution is 2.36. The number of hydrogen-bond acceptors (Lipinski definition) is 4. The van der Waals surface area contributed by atoms with Crippen LogP contribution in [0.3, 0.4) is 0 Å². The van der Waals surface area contributed by atoms with Gasteiger partial charge in [0.2, 0.25) is 0 Å². The number of hydrogen-bond donors (Lipinski definition) is 1. The lowest BCUT2D eigenvalue weighted by Gasteiger charge is -2.30. The number of nitrogens with one attached hydrogen (secondary N) is 1. The van der Waals surface area contributed by atoms with E-state index in [0.717, 1.165) is 31.6 Å². The van der Waals surface area contributed by atoms with Crippen molar-refractivity contribution in [2.45, 2.75) is 25.8 Å². The molecule has 0 saturated carbocycles. The summed E-state index contributed by atoms with van der Waals surface area (Å²) >= 11 is 0. The smallest absolute Gasteiger partial charge is 0.294 e. The fourth-order valence-corrected chi connectivity index (χ4v) is 4.71. The Balaban J connectivity index is 0.00000336. The minimum Gasteiger partial charge on any atom is -0.449 e. The third-order valence-electron chi connectivity index (χ3n) is 6.72. The lowest BCUT2D eigenvalue weighted by Crippen LogP contribution is -2.37. The molecule has 0 aliphatic carbocycles. The van der Waals surface area contributed by atoms with Gasteiger partial charge in [-0.1, -0.05) is 42.5 Å². The van der Waals surface area contributed by atoms with Crippen LogP contribution in [0.15, 0.2) is 78.6 Å². The van der Waals surface area contributed by atoms with Gasteiger partial charge < -0.3 is 20.4 Å². The highest BCUT2D eigenvalue weighted by molar-refractivity contribution is 6.09. The summed E-state index contributed by atoms with van der Waals surface area (Å²) in [6, 6.07) is 20.7. The Hall–Kier alpha value is -4.01. The number of halogens is 1. The van der Waals surface area contributed by atoms with E-state index in [1.54, 1.807) is 60.7 Å². The molecule has 0 unspecified atom stereocenters. The largest absolute Gasteiger partial charge is 0.449 e. The second kappa shape index (κ2) is 12.5. The quantitative estimate of drug-likeness (QED) is 0.358. The van der Waals surface area contributed by atoms with Crippen molar-refractivity contribution in [3.8, 4) is 5.75 Å². The molecule has 0 aromatic heterocycles. The number of fused-ring (bicyclic) bond motifs is 1. The monoisotopic (exact) mass is 517 g/mol. The number of ether oxygens (including phenoxy) is 1. The number of benzene rings is 3. The van der Waals surface area contributed by atoms with Crippen LogP contribution in [0.1, 0.15) is 40.7 Å². The summed E-state index contributed by atoms with van der Waals surface area (Å²) in [6.07, 6.45) is 5.10. The van der Waals surface area contributed by atoms with Crippen LogP contribution >= 0.6 is 0 Å². The van der Waals surface area contributed by atoms with Crippen LogP contribution in [0.25, 0.3) is 6.08 Å². The van der Waals surface area contributed by atoms with E-state index in [4.69, 9.17) is 4.74 Å². The molecule has 2 heterocycles. The molecule has 2 aliphatic heterocycles. The molecule has 3 aromatic carbocycles. The molecule has 198 valence electrons. The first kappa shape index (κ1) is 27.0. The summed E-state index contributed by atoms with van der Waals surface area (Å²) in [7, 11) is 0. The molecule has 0 radical (unpaired) electrons. The van der Waals surface area contributed by atoms with Crippen LogP contribution in [-0.2, 0) is 11.3 Å². The first-order valence-corrected chi connectivity index (χ1v) is 12.7. The van der Waals surface area contributed by atoms with Crippen LogP contribution in [0, 0.1) is 5.82 Å². The first-order chi connectivity index (χ1) is 18.1. The van der Waals surface area contributed by atoms with Crippen LogP contribution in [0.2, 0.25) is 0 Å². The molecule has 2 amide bonds. The predicted octanol–water partition coefficient (Wildman–Crippen LogP) is 4.18. The average molecular weight is 518 g/mol. The van der Waals surface area contributed by atoms with E-state index in [9.17, 15) is 14.0 Å². The maximum absolute atomic E-state index is 14.3. The Morgan fingerprint density at radius 1 is 0.974 bits per heavy atom. The third kappa shape index (κ3) is 6.27. The topological polar surface area (TPSA) is 93.4 Å². The number of amides is 2. The van der Waals surface area contributed by atoms with Crippen molar-refractivity contribution >= 4 is 23.6 Å². The molecule has 8 heteroatoms. The lowest BCUT2D eigenvalue weighted by molar-refractivity contribution is -0.117. The molecule has 1 fully saturated rings. The normalized spacial score (nSPS) is 16.1. The van der Waals surface area contributed by atoms with Gasteiger partial charge in [0.15, 0.2) is 11.5 Å². The van der Waals surface area contributed by atoms with Gasteiger partial charge in [0.1, 0.15) is 5.82 Å². The minimum absolute atomic E-state index is 0. The molecule has 3 N–H and O–H groups in total. The molecule has 0 bridgehead atoms. The number of likely N-dealkylation sites (tertiary alicyclic amines) is 1. The lowest BCUT2D eigenvalue weighted by atomic mass is 10.1. The van der Waals surface area contributed by atoms with Crippen molar-refractivity contribution in [1.29, 1.82) is 0 Å². The van der Waals surface area contributed by atoms with Gasteiger partial charge >= 0.3 is 0 Å². The van der Waals surface area contributed by atoms with Gasteiger partial charge in [-0.3, -0.25) is 14.5 Å². The van der Waals surface area contributed by atoms with Gasteiger partial charge in [0.25, 0.3) is 11.8 Å². The van der Waals surface area contributed by atoms with E-state index in [2.05, 4.69) is 10.2 Å². The summed E-state index contributed by atoms with van der Waals surface area (Å²) in [6.45, 7) is 4.05. The Labute approximate surface area is 221 Å². The summed E-state index contributed by atoms with van der Waals surface area (Å²) in [5.41, 5.74) is 2.29. The number of nitrogens with zero attached hydrogens (tertiary/aromatic N) is 2. The molecule has 0 spiro atoms. The van der Waals surface area contributed by atoms with Gasteiger partial charge in [-0.25, -0.2) is 4.39 Å². The zero-order valence-electron chi connectivity index (χ0n) is 21.2. The second-order valence-corrected chi connectivity index (χ2v) is 9.34. The summed E-state index contributed by atoms with van der Waals surface area (Å²) in [5.74, 6) is -0.184. The highest BCUT2D eigenvalue weighted by Gasteiger charge is 2.30. The van der Waals surface area contributed by atoms with E-state index in [0.29, 0.717) is 29.1 Å². The third-order valence-corrected chi connectivity index (χ3v) is 6.72. The maximum atomic E-state index is 14.3. The Morgan fingerprint density at radius 3 is 2.45 bits per heavy atom.